The van der Waals surface area contributed by atoms with E-state index in [-0.39, 0.29) is 0 Å². The molecular formula is C16H27N. The molecule has 0 aliphatic heterocycles. The fourth-order valence-corrected chi connectivity index (χ4v) is 2.01. The summed E-state index contributed by atoms with van der Waals surface area (Å²) in [5.74, 6) is 0.799. The Bertz CT molecular complexity index is 279. The average molecular weight is 233 g/mol. The molecule has 1 aromatic rings. The highest BCUT2D eigenvalue weighted by molar-refractivity contribution is 5.14. The first-order chi connectivity index (χ1) is 8.18. The molecule has 96 valence electrons. The summed E-state index contributed by atoms with van der Waals surface area (Å²) in [6, 6.07) is 11.4. The number of unbranched alkanes of at least 4 members (excludes halogenated alkanes) is 1. The summed E-state index contributed by atoms with van der Waals surface area (Å²) in [6.45, 7) is 7.92. The Labute approximate surface area is 107 Å². The molecule has 0 spiro atoms. The van der Waals surface area contributed by atoms with Crippen LogP contribution < -0.4 is 5.32 Å². The minimum Gasteiger partial charge on any atom is -0.314 e. The van der Waals surface area contributed by atoms with Crippen LogP contribution >= 0.6 is 0 Å². The van der Waals surface area contributed by atoms with Gasteiger partial charge in [0.25, 0.3) is 0 Å². The summed E-state index contributed by atoms with van der Waals surface area (Å²) < 4.78 is 0. The van der Waals surface area contributed by atoms with E-state index in [1.54, 1.807) is 0 Å². The fourth-order valence-electron chi connectivity index (χ4n) is 2.01. The third kappa shape index (κ3) is 7.17. The zero-order valence-corrected chi connectivity index (χ0v) is 11.6. The lowest BCUT2D eigenvalue weighted by molar-refractivity contribution is 0.437. The van der Waals surface area contributed by atoms with Crippen LogP contribution in [-0.2, 0) is 6.42 Å². The van der Waals surface area contributed by atoms with Gasteiger partial charge in [0.05, 0.1) is 0 Å². The number of hydrogen-bond donors (Lipinski definition) is 1. The Kier molecular flexibility index (Phi) is 6.95. The van der Waals surface area contributed by atoms with Crippen molar-refractivity contribution in [1.82, 2.24) is 5.32 Å². The minimum atomic E-state index is 0.613. The Morgan fingerprint density at radius 1 is 1.00 bits per heavy atom. The van der Waals surface area contributed by atoms with Crippen molar-refractivity contribution in [2.24, 2.45) is 5.92 Å². The van der Waals surface area contributed by atoms with E-state index in [0.717, 1.165) is 12.5 Å². The van der Waals surface area contributed by atoms with Gasteiger partial charge in [-0.05, 0) is 37.3 Å². The van der Waals surface area contributed by atoms with Crippen LogP contribution in [0.1, 0.15) is 45.6 Å². The molecule has 0 aliphatic rings. The van der Waals surface area contributed by atoms with Gasteiger partial charge in [-0.25, -0.2) is 0 Å². The molecular weight excluding hydrogens is 206 g/mol. The maximum Gasteiger partial charge on any atom is 0.00104 e. The molecule has 0 amide bonds. The highest BCUT2D eigenvalue weighted by Crippen LogP contribution is 2.10. The SMILES string of the molecule is CC(CCCCc1ccccc1)CNC(C)C. The van der Waals surface area contributed by atoms with E-state index in [2.05, 4.69) is 56.4 Å². The molecule has 1 nitrogen and oxygen atoms in total. The van der Waals surface area contributed by atoms with Crippen molar-refractivity contribution in [3.63, 3.8) is 0 Å². The van der Waals surface area contributed by atoms with E-state index >= 15 is 0 Å². The second-order valence-electron chi connectivity index (χ2n) is 5.40. The number of nitrogens with one attached hydrogen (secondary N) is 1. The number of rotatable bonds is 8. The van der Waals surface area contributed by atoms with Crippen molar-refractivity contribution < 1.29 is 0 Å². The summed E-state index contributed by atoms with van der Waals surface area (Å²) in [4.78, 5) is 0. The minimum absolute atomic E-state index is 0.613. The fraction of sp³-hybridized carbons (Fsp3) is 0.625. The second kappa shape index (κ2) is 8.30. The van der Waals surface area contributed by atoms with Gasteiger partial charge >= 0.3 is 0 Å². The molecule has 0 radical (unpaired) electrons. The van der Waals surface area contributed by atoms with Gasteiger partial charge in [-0.3, -0.25) is 0 Å². The predicted octanol–water partition coefficient (Wildman–Crippen LogP) is 4.03. The van der Waals surface area contributed by atoms with Crippen molar-refractivity contribution in [1.29, 1.82) is 0 Å². The number of aryl methyl sites for hydroxylation is 1. The molecule has 0 saturated heterocycles. The number of benzene rings is 1. The first kappa shape index (κ1) is 14.2. The molecule has 0 heterocycles. The monoisotopic (exact) mass is 233 g/mol. The summed E-state index contributed by atoms with van der Waals surface area (Å²) in [5, 5.41) is 3.50. The highest BCUT2D eigenvalue weighted by Gasteiger charge is 2.02. The highest BCUT2D eigenvalue weighted by atomic mass is 14.9. The lowest BCUT2D eigenvalue weighted by Gasteiger charge is -2.14. The molecule has 0 bridgehead atoms. The van der Waals surface area contributed by atoms with Crippen LogP contribution in [0.25, 0.3) is 0 Å². The first-order valence-electron chi connectivity index (χ1n) is 6.96. The van der Waals surface area contributed by atoms with Crippen LogP contribution in [0.4, 0.5) is 0 Å². The second-order valence-corrected chi connectivity index (χ2v) is 5.40. The summed E-state index contributed by atoms with van der Waals surface area (Å²) in [7, 11) is 0. The van der Waals surface area contributed by atoms with E-state index in [1.807, 2.05) is 0 Å². The summed E-state index contributed by atoms with van der Waals surface area (Å²) in [6.07, 6.45) is 5.23. The number of hydrogen-bond acceptors (Lipinski definition) is 1. The molecule has 0 saturated carbocycles. The molecule has 1 rings (SSSR count). The van der Waals surface area contributed by atoms with Crippen molar-refractivity contribution in [3.05, 3.63) is 35.9 Å². The summed E-state index contributed by atoms with van der Waals surface area (Å²) >= 11 is 0. The van der Waals surface area contributed by atoms with Gasteiger partial charge < -0.3 is 5.32 Å². The zero-order chi connectivity index (χ0) is 12.5. The van der Waals surface area contributed by atoms with Crippen LogP contribution in [0.2, 0.25) is 0 Å². The zero-order valence-electron chi connectivity index (χ0n) is 11.6. The molecule has 1 aromatic carbocycles. The van der Waals surface area contributed by atoms with E-state index in [9.17, 15) is 0 Å². The van der Waals surface area contributed by atoms with E-state index < -0.39 is 0 Å². The Morgan fingerprint density at radius 2 is 1.71 bits per heavy atom. The molecule has 0 aliphatic carbocycles. The van der Waals surface area contributed by atoms with Gasteiger partial charge in [0.15, 0.2) is 0 Å². The van der Waals surface area contributed by atoms with Crippen molar-refractivity contribution in [3.8, 4) is 0 Å². The summed E-state index contributed by atoms with van der Waals surface area (Å²) in [5.41, 5.74) is 1.47. The first-order valence-corrected chi connectivity index (χ1v) is 6.96. The van der Waals surface area contributed by atoms with Gasteiger partial charge in [-0.2, -0.15) is 0 Å². The van der Waals surface area contributed by atoms with Crippen LogP contribution in [0.3, 0.4) is 0 Å². The van der Waals surface area contributed by atoms with Gasteiger partial charge in [0.1, 0.15) is 0 Å². The maximum atomic E-state index is 3.50. The topological polar surface area (TPSA) is 12.0 Å². The lowest BCUT2D eigenvalue weighted by Crippen LogP contribution is -2.27. The molecule has 0 aromatic heterocycles. The Morgan fingerprint density at radius 3 is 2.35 bits per heavy atom. The van der Waals surface area contributed by atoms with Crippen molar-refractivity contribution >= 4 is 0 Å². The van der Waals surface area contributed by atoms with E-state index in [1.165, 1.54) is 31.2 Å². The van der Waals surface area contributed by atoms with Crippen molar-refractivity contribution in [2.45, 2.75) is 52.5 Å². The molecule has 1 N–H and O–H groups in total. The molecule has 1 unspecified atom stereocenters. The third-order valence-electron chi connectivity index (χ3n) is 3.13. The molecule has 1 heteroatoms. The van der Waals surface area contributed by atoms with E-state index in [4.69, 9.17) is 0 Å². The smallest absolute Gasteiger partial charge is 0.00104 e. The van der Waals surface area contributed by atoms with Crippen molar-refractivity contribution in [2.75, 3.05) is 6.54 Å². The van der Waals surface area contributed by atoms with Crippen LogP contribution in [0.15, 0.2) is 30.3 Å². The average Bonchev–Trinajstić information content (AvgIpc) is 2.33. The Hall–Kier alpha value is -0.820. The largest absolute Gasteiger partial charge is 0.314 e. The molecule has 1 atom stereocenters. The van der Waals surface area contributed by atoms with Gasteiger partial charge in [-0.15, -0.1) is 0 Å². The quantitative estimate of drug-likeness (QED) is 0.668. The van der Waals surface area contributed by atoms with Crippen LogP contribution in [-0.4, -0.2) is 12.6 Å². The predicted molar refractivity (Wildman–Crippen MR) is 76.3 cm³/mol. The standard InChI is InChI=1S/C16H27N/c1-14(2)17-13-15(3)9-7-8-12-16-10-5-4-6-11-16/h4-6,10-11,14-15,17H,7-9,12-13H2,1-3H3. The lowest BCUT2D eigenvalue weighted by atomic mass is 10.0. The van der Waals surface area contributed by atoms with Gasteiger partial charge in [0, 0.05) is 6.04 Å². The molecule has 17 heavy (non-hydrogen) atoms. The van der Waals surface area contributed by atoms with E-state index in [0.29, 0.717) is 6.04 Å². The third-order valence-corrected chi connectivity index (χ3v) is 3.13. The van der Waals surface area contributed by atoms with Crippen LogP contribution in [0, 0.1) is 5.92 Å². The molecule has 0 fully saturated rings. The van der Waals surface area contributed by atoms with Crippen LogP contribution in [0.5, 0.6) is 0 Å². The normalized spacial score (nSPS) is 12.9. The van der Waals surface area contributed by atoms with Gasteiger partial charge in [-0.1, -0.05) is 57.5 Å². The Balaban J connectivity index is 2.04. The van der Waals surface area contributed by atoms with Gasteiger partial charge in [0.2, 0.25) is 0 Å². The maximum absolute atomic E-state index is 3.50.